The average Bonchev–Trinajstić information content (AvgIpc) is 2.91. The van der Waals surface area contributed by atoms with Crippen molar-refractivity contribution in [1.29, 1.82) is 0 Å². The van der Waals surface area contributed by atoms with Crippen LogP contribution < -0.4 is 54.0 Å². The largest absolute Gasteiger partial charge is 0.391 e. The van der Waals surface area contributed by atoms with E-state index in [9.17, 15) is 77.6 Å². The van der Waals surface area contributed by atoms with E-state index in [4.69, 9.17) is 16.2 Å². The van der Waals surface area contributed by atoms with Crippen LogP contribution in [0.5, 0.6) is 0 Å². The molecule has 29 nitrogen and oxygen atoms in total. The average molecular weight is 1240 g/mol. The van der Waals surface area contributed by atoms with Crippen LogP contribution in [0.2, 0.25) is 0 Å². The number of nitrogens with one attached hydrogen (secondary N) is 8. The molecule has 0 spiro atoms. The zero-order chi connectivity index (χ0) is 65.8. The number of hydrogen-bond acceptors (Lipinski definition) is 17. The monoisotopic (exact) mass is 1230 g/mol. The normalized spacial score (nSPS) is 26.1. The van der Waals surface area contributed by atoms with Crippen molar-refractivity contribution in [2.24, 2.45) is 23.3 Å². The SMILES string of the molecule is C/C=C1/NC(=O)[C@H](C(C)C)NC(=O)[C@H](O)[C@@H]([C@@H](C)CCCCCCCCCCC(=O)CCC)NC(=O)[C@@H]2CCCN2C(=O)[C@H](CC(N)=O)N(C)C(=O)[C@H]([C@@H](C)OC)NC(=O)CNC(=O)[C@H](CCC(N)=O)NC(=O)[C@H]([C@@H](C)O)NC(=O)[C@H]([C@@H](C)O)NC1=O. The number of fused-ring (bicyclic) bond motifs is 1. The minimum Gasteiger partial charge on any atom is -0.391 e. The number of aliphatic hydroxyl groups is 3. The number of nitrogens with zero attached hydrogens (tertiary/aromatic N) is 2. The molecule has 87 heavy (non-hydrogen) atoms. The van der Waals surface area contributed by atoms with Crippen molar-refractivity contribution in [1.82, 2.24) is 52.3 Å². The topological polar surface area (TPSA) is 447 Å². The highest BCUT2D eigenvalue weighted by molar-refractivity contribution is 6.03. The Labute approximate surface area is 509 Å². The molecule has 0 aromatic rings. The van der Waals surface area contributed by atoms with Crippen LogP contribution in [0.15, 0.2) is 11.8 Å². The molecule has 29 heteroatoms. The van der Waals surface area contributed by atoms with Gasteiger partial charge in [-0.1, -0.05) is 78.7 Å². The second-order valence-corrected chi connectivity index (χ2v) is 23.0. The number of carbonyl (C=O) groups excluding carboxylic acids is 13. The van der Waals surface area contributed by atoms with E-state index in [1.165, 1.54) is 21.0 Å². The Hall–Kier alpha value is -7.11. The molecule has 15 N–H and O–H groups in total. The molecule has 2 aliphatic rings. The van der Waals surface area contributed by atoms with Gasteiger partial charge >= 0.3 is 0 Å². The van der Waals surface area contributed by atoms with Gasteiger partial charge in [0.1, 0.15) is 53.8 Å². The fourth-order valence-corrected chi connectivity index (χ4v) is 10.2. The lowest BCUT2D eigenvalue weighted by Gasteiger charge is -2.36. The number of Topliss-reactive ketones (excluding diaryl/α,β-unsaturated/α-hetero) is 1. The summed E-state index contributed by atoms with van der Waals surface area (Å²) in [6.07, 6.45) is 2.45. The van der Waals surface area contributed by atoms with Crippen molar-refractivity contribution in [2.75, 3.05) is 27.2 Å². The van der Waals surface area contributed by atoms with Gasteiger partial charge in [0.05, 0.1) is 37.3 Å². The van der Waals surface area contributed by atoms with Crippen LogP contribution in [0, 0.1) is 11.8 Å². The summed E-state index contributed by atoms with van der Waals surface area (Å²) >= 11 is 0. The first-order chi connectivity index (χ1) is 40.9. The fourth-order valence-electron chi connectivity index (χ4n) is 10.2. The van der Waals surface area contributed by atoms with E-state index in [0.717, 1.165) is 88.1 Å². The first-order valence-electron chi connectivity index (χ1n) is 30.2. The van der Waals surface area contributed by atoms with E-state index >= 15 is 0 Å². The van der Waals surface area contributed by atoms with Crippen molar-refractivity contribution in [3.63, 3.8) is 0 Å². The molecule has 0 bridgehead atoms. The molecule has 0 aliphatic carbocycles. The third kappa shape index (κ3) is 24.9. The molecule has 2 rings (SSSR count). The summed E-state index contributed by atoms with van der Waals surface area (Å²) in [7, 11) is 2.37. The lowest BCUT2D eigenvalue weighted by Crippen LogP contribution is -2.62. The van der Waals surface area contributed by atoms with Gasteiger partial charge in [0.25, 0.3) is 11.8 Å². The van der Waals surface area contributed by atoms with E-state index in [0.29, 0.717) is 25.7 Å². The number of amides is 12. The van der Waals surface area contributed by atoms with Gasteiger partial charge in [-0.2, -0.15) is 0 Å². The van der Waals surface area contributed by atoms with Crippen LogP contribution in [-0.4, -0.2) is 202 Å². The van der Waals surface area contributed by atoms with Crippen molar-refractivity contribution in [3.05, 3.63) is 11.8 Å². The highest BCUT2D eigenvalue weighted by Crippen LogP contribution is 2.25. The minimum atomic E-state index is -2.03. The summed E-state index contributed by atoms with van der Waals surface area (Å²) in [6, 6.07) is -12.9. The number of methoxy groups -OCH3 is 1. The van der Waals surface area contributed by atoms with Crippen LogP contribution in [0.25, 0.3) is 0 Å². The Bertz CT molecular complexity index is 2420. The van der Waals surface area contributed by atoms with E-state index in [2.05, 4.69) is 42.5 Å². The van der Waals surface area contributed by atoms with Gasteiger partial charge in [-0.05, 0) is 78.1 Å². The molecule has 0 aromatic carbocycles. The predicted octanol–water partition coefficient (Wildman–Crippen LogP) is -2.28. The third-order valence-electron chi connectivity index (χ3n) is 15.6. The number of ketones is 1. The summed E-state index contributed by atoms with van der Waals surface area (Å²) in [5.41, 5.74) is 10.5. The zero-order valence-corrected chi connectivity index (χ0v) is 52.2. The zero-order valence-electron chi connectivity index (χ0n) is 52.2. The van der Waals surface area contributed by atoms with Gasteiger partial charge in [-0.15, -0.1) is 0 Å². The summed E-state index contributed by atoms with van der Waals surface area (Å²) in [5, 5.41) is 52.7. The molecular formula is C58H98N12O17. The molecule has 0 saturated carbocycles. The lowest BCUT2D eigenvalue weighted by atomic mass is 9.90. The van der Waals surface area contributed by atoms with Crippen LogP contribution in [0.1, 0.15) is 165 Å². The highest BCUT2D eigenvalue weighted by Gasteiger charge is 2.44. The maximum absolute atomic E-state index is 14.7. The van der Waals surface area contributed by atoms with Gasteiger partial charge in [0.2, 0.25) is 59.1 Å². The second kappa shape index (κ2) is 38.2. The van der Waals surface area contributed by atoms with E-state index in [-0.39, 0.29) is 25.2 Å². The van der Waals surface area contributed by atoms with Crippen LogP contribution in [-0.2, 0) is 67.1 Å². The summed E-state index contributed by atoms with van der Waals surface area (Å²) in [4.78, 5) is 179. The fraction of sp³-hybridized carbons (Fsp3) is 0.741. The summed E-state index contributed by atoms with van der Waals surface area (Å²) < 4.78 is 5.41. The number of primary amides is 2. The minimum absolute atomic E-state index is 0.0484. The van der Waals surface area contributed by atoms with Gasteiger partial charge in [0, 0.05) is 40.0 Å². The number of nitrogens with two attached hydrogens (primary N) is 2. The van der Waals surface area contributed by atoms with E-state index in [1.807, 2.05) is 6.92 Å². The standard InChI is InChI=1S/C58H98N12O17/c1-11-22-36(73)24-20-18-16-14-13-15-17-19-23-32(5)45-49(77)56(84)65-44(31(3)4)53(81)62-37(12-2)51(79)67-47(34(7)72)55(83)68-46(33(6)71)54(82)63-38(26-27-41(59)74)50(78)61-30-43(76)64-48(35(8)87-10)58(86)69(9)40(29-42(60)75)57(85)70-28-21-25-39(70)52(80)66-45/h12,31-35,38-40,44-49,71-72,77H,11,13-30H2,1-10H3,(H2,59,74)(H2,60,75)(H,61,78)(H,62,81)(H,63,82)(H,64,76)(H,65,84)(H,66,80)(H,67,79)(H,68,83)/b37-12+/t32-,33+,34+,35+,38-,39-,40-,44-,45+,46-,47-,48-,49+/m0/s1. The van der Waals surface area contributed by atoms with Crippen molar-refractivity contribution in [3.8, 4) is 0 Å². The predicted molar refractivity (Wildman–Crippen MR) is 316 cm³/mol. The Morgan fingerprint density at radius 2 is 1.24 bits per heavy atom. The van der Waals surface area contributed by atoms with Gasteiger partial charge in [-0.3, -0.25) is 62.3 Å². The molecule has 12 amide bonds. The van der Waals surface area contributed by atoms with Crippen molar-refractivity contribution < 1.29 is 82.4 Å². The molecule has 2 heterocycles. The summed E-state index contributed by atoms with van der Waals surface area (Å²) in [6.45, 7) is 10.8. The first kappa shape index (κ1) is 76.0. The first-order valence-corrected chi connectivity index (χ1v) is 30.2. The Balaban J connectivity index is 2.73. The maximum Gasteiger partial charge on any atom is 0.268 e. The number of hydrogen-bond donors (Lipinski definition) is 13. The van der Waals surface area contributed by atoms with Gasteiger partial charge in [0.15, 0.2) is 6.10 Å². The molecule has 0 unspecified atom stereocenters. The quantitative estimate of drug-likeness (QED) is 0.0358. The molecule has 2 aliphatic heterocycles. The maximum atomic E-state index is 14.7. The second-order valence-electron chi connectivity index (χ2n) is 23.0. The molecule has 0 radical (unpaired) electrons. The molecule has 2 fully saturated rings. The van der Waals surface area contributed by atoms with Gasteiger partial charge < -0.3 is 83.9 Å². The Kier molecular flexibility index (Phi) is 33.4. The third-order valence-corrected chi connectivity index (χ3v) is 15.6. The van der Waals surface area contributed by atoms with E-state index in [1.54, 1.807) is 20.8 Å². The van der Waals surface area contributed by atoms with E-state index < -0.39 is 187 Å². The number of aliphatic hydroxyl groups excluding tert-OH is 3. The lowest BCUT2D eigenvalue weighted by molar-refractivity contribution is -0.151. The molecular weight excluding hydrogens is 1140 g/mol. The highest BCUT2D eigenvalue weighted by atomic mass is 16.5. The number of unbranched alkanes of at least 4 members (excludes halogenated alkanes) is 7. The number of likely N-dealkylation sites (N-methyl/N-ethyl adjacent to an activating group) is 1. The molecule has 2 saturated heterocycles. The number of ether oxygens (including phenoxy) is 1. The smallest absolute Gasteiger partial charge is 0.268 e. The number of rotatable bonds is 24. The Morgan fingerprint density at radius 3 is 1.79 bits per heavy atom. The molecule has 0 aromatic heterocycles. The van der Waals surface area contributed by atoms with Crippen LogP contribution in [0.4, 0.5) is 0 Å². The van der Waals surface area contributed by atoms with Crippen LogP contribution >= 0.6 is 0 Å². The van der Waals surface area contributed by atoms with Gasteiger partial charge in [-0.25, -0.2) is 0 Å². The Morgan fingerprint density at radius 1 is 0.667 bits per heavy atom. The van der Waals surface area contributed by atoms with Crippen molar-refractivity contribution in [2.45, 2.75) is 237 Å². The molecule has 492 valence electrons. The van der Waals surface area contributed by atoms with Crippen molar-refractivity contribution >= 4 is 76.7 Å². The summed E-state index contributed by atoms with van der Waals surface area (Å²) in [5.74, 6) is -13.5. The van der Waals surface area contributed by atoms with Crippen LogP contribution in [0.3, 0.4) is 0 Å². The number of allylic oxidation sites excluding steroid dienone is 1. The number of carbonyl (C=O) groups is 13. The molecule has 13 atom stereocenters.